The first-order chi connectivity index (χ1) is 17.2. The van der Waals surface area contributed by atoms with Crippen molar-refractivity contribution >= 4 is 61.4 Å². The number of aromatic nitrogens is 2. The molecule has 1 heterocycles. The standard InChI is InChI=1S/C24H26F2N7OPS/c1-28-21(24(34)29-2)13-8-7-12(23(35)20(13)27)18-14(25)9-10-15(19(18)26)31-33(36)17-6-4-5-16-22(17)32(3)11-30-16/h4-11,21,28,31,36H,27,35H2,1-3H3,(H,29,34). The SMILES string of the molecule is CNC(=O)C(NC)c1ccc(-c2c(F)ccc(NN(S)c3cccc4ncn(C)c34)c2F)c(P)c1N. The number of halogens is 2. The predicted octanol–water partition coefficient (Wildman–Crippen LogP) is 3.29. The van der Waals surface area contributed by atoms with Crippen LogP contribution in [0.15, 0.2) is 48.8 Å². The molecule has 2 atom stereocenters. The summed E-state index contributed by atoms with van der Waals surface area (Å²) in [6, 6.07) is 10.3. The number of amides is 1. The summed E-state index contributed by atoms with van der Waals surface area (Å²) in [4.78, 5) is 16.6. The topological polar surface area (TPSA) is 100 Å². The molecule has 4 rings (SSSR count). The number of nitrogens with one attached hydrogen (secondary N) is 3. The summed E-state index contributed by atoms with van der Waals surface area (Å²) < 4.78 is 33.9. The third kappa shape index (κ3) is 4.45. The zero-order chi connectivity index (χ0) is 26.1. The molecule has 4 aromatic rings. The van der Waals surface area contributed by atoms with Crippen molar-refractivity contribution in [2.24, 2.45) is 7.05 Å². The molecule has 0 saturated heterocycles. The fourth-order valence-corrected chi connectivity index (χ4v) is 4.79. The van der Waals surface area contributed by atoms with Gasteiger partial charge in [-0.15, -0.1) is 9.24 Å². The zero-order valence-corrected chi connectivity index (χ0v) is 21.9. The van der Waals surface area contributed by atoms with Crippen LogP contribution in [-0.2, 0) is 11.8 Å². The smallest absolute Gasteiger partial charge is 0.241 e. The molecule has 0 aliphatic heterocycles. The molecule has 188 valence electrons. The number of likely N-dealkylation sites (N-methyl/N-ethyl adjacent to an activating group) is 2. The second-order valence-corrected chi connectivity index (χ2v) is 9.05. The second kappa shape index (κ2) is 10.3. The summed E-state index contributed by atoms with van der Waals surface area (Å²) in [6.45, 7) is 0. The molecule has 36 heavy (non-hydrogen) atoms. The Morgan fingerprint density at radius 3 is 2.64 bits per heavy atom. The Hall–Kier alpha value is -3.40. The summed E-state index contributed by atoms with van der Waals surface area (Å²) in [7, 11) is 7.41. The van der Waals surface area contributed by atoms with Gasteiger partial charge in [0, 0.05) is 30.7 Å². The van der Waals surface area contributed by atoms with E-state index in [0.29, 0.717) is 16.6 Å². The average molecular weight is 530 g/mol. The van der Waals surface area contributed by atoms with Crippen LogP contribution in [-0.4, -0.2) is 29.6 Å². The van der Waals surface area contributed by atoms with Crippen LogP contribution in [0.1, 0.15) is 11.6 Å². The molecule has 0 fully saturated rings. The van der Waals surface area contributed by atoms with Crippen molar-refractivity contribution in [2.75, 3.05) is 29.7 Å². The number of carbonyl (C=O) groups is 1. The minimum Gasteiger partial charge on any atom is -0.398 e. The number of nitrogens with zero attached hydrogens (tertiary/aromatic N) is 3. The first-order valence-electron chi connectivity index (χ1n) is 10.9. The van der Waals surface area contributed by atoms with Crippen LogP contribution >= 0.6 is 22.1 Å². The van der Waals surface area contributed by atoms with E-state index >= 15 is 4.39 Å². The number of aryl methyl sites for hydroxylation is 1. The molecule has 0 radical (unpaired) electrons. The van der Waals surface area contributed by atoms with Crippen molar-refractivity contribution in [3.8, 4) is 11.1 Å². The van der Waals surface area contributed by atoms with Crippen LogP contribution in [0.4, 0.5) is 25.8 Å². The van der Waals surface area contributed by atoms with Crippen molar-refractivity contribution in [2.45, 2.75) is 6.04 Å². The molecule has 0 spiro atoms. The number of hydrogen-bond donors (Lipinski definition) is 5. The second-order valence-electron chi connectivity index (χ2n) is 8.07. The average Bonchev–Trinajstić information content (AvgIpc) is 3.25. The minimum absolute atomic E-state index is 0.00563. The van der Waals surface area contributed by atoms with E-state index in [4.69, 9.17) is 5.73 Å². The van der Waals surface area contributed by atoms with Crippen molar-refractivity contribution in [3.63, 3.8) is 0 Å². The molecule has 5 N–H and O–H groups in total. The predicted molar refractivity (Wildman–Crippen MR) is 147 cm³/mol. The van der Waals surface area contributed by atoms with Crippen LogP contribution in [0.2, 0.25) is 0 Å². The van der Waals surface area contributed by atoms with Crippen LogP contribution in [0, 0.1) is 11.6 Å². The quantitative estimate of drug-likeness (QED) is 0.109. The number of rotatable bonds is 7. The number of para-hydroxylation sites is 1. The molecule has 0 aliphatic rings. The van der Waals surface area contributed by atoms with Gasteiger partial charge in [-0.3, -0.25) is 10.2 Å². The summed E-state index contributed by atoms with van der Waals surface area (Å²) in [5.41, 5.74) is 12.1. The Balaban J connectivity index is 1.74. The molecule has 8 nitrogen and oxygen atoms in total. The molecule has 0 aliphatic carbocycles. The zero-order valence-electron chi connectivity index (χ0n) is 19.8. The molecule has 0 saturated carbocycles. The molecule has 2 unspecified atom stereocenters. The maximum absolute atomic E-state index is 15.7. The lowest BCUT2D eigenvalue weighted by Gasteiger charge is -2.23. The molecule has 1 aromatic heterocycles. The number of anilines is 3. The Morgan fingerprint density at radius 2 is 1.94 bits per heavy atom. The van der Waals surface area contributed by atoms with Gasteiger partial charge in [0.2, 0.25) is 5.91 Å². The lowest BCUT2D eigenvalue weighted by Crippen LogP contribution is -2.35. The minimum atomic E-state index is -0.821. The largest absolute Gasteiger partial charge is 0.398 e. The molecular weight excluding hydrogens is 503 g/mol. The van der Waals surface area contributed by atoms with E-state index in [2.05, 4.69) is 43.1 Å². The van der Waals surface area contributed by atoms with Crippen LogP contribution in [0.5, 0.6) is 0 Å². The lowest BCUT2D eigenvalue weighted by atomic mass is 9.97. The summed E-state index contributed by atoms with van der Waals surface area (Å²) >= 11 is 4.49. The highest BCUT2D eigenvalue weighted by molar-refractivity contribution is 7.81. The van der Waals surface area contributed by atoms with E-state index in [1.54, 1.807) is 31.6 Å². The normalized spacial score (nSPS) is 12.0. The monoisotopic (exact) mass is 529 g/mol. The van der Waals surface area contributed by atoms with E-state index in [9.17, 15) is 9.18 Å². The van der Waals surface area contributed by atoms with E-state index in [0.717, 1.165) is 11.0 Å². The Morgan fingerprint density at radius 1 is 1.19 bits per heavy atom. The molecular formula is C24H26F2N7OPS. The van der Waals surface area contributed by atoms with E-state index in [-0.39, 0.29) is 28.4 Å². The molecule has 12 heteroatoms. The maximum atomic E-state index is 15.7. The number of fused-ring (bicyclic) bond motifs is 1. The Labute approximate surface area is 215 Å². The van der Waals surface area contributed by atoms with E-state index in [1.807, 2.05) is 23.7 Å². The first-order valence-corrected chi connectivity index (χ1v) is 11.9. The van der Waals surface area contributed by atoms with Crippen molar-refractivity contribution in [1.29, 1.82) is 0 Å². The Bertz CT molecular complexity index is 1460. The highest BCUT2D eigenvalue weighted by Crippen LogP contribution is 2.35. The van der Waals surface area contributed by atoms with Gasteiger partial charge in [-0.1, -0.05) is 18.2 Å². The highest BCUT2D eigenvalue weighted by Gasteiger charge is 2.25. The maximum Gasteiger partial charge on any atom is 0.241 e. The van der Waals surface area contributed by atoms with Gasteiger partial charge < -0.3 is 20.9 Å². The van der Waals surface area contributed by atoms with Crippen LogP contribution < -0.4 is 31.5 Å². The van der Waals surface area contributed by atoms with Gasteiger partial charge in [-0.05, 0) is 49.7 Å². The third-order valence-electron chi connectivity index (χ3n) is 5.96. The van der Waals surface area contributed by atoms with Gasteiger partial charge in [0.25, 0.3) is 0 Å². The first kappa shape index (κ1) is 25.7. The van der Waals surface area contributed by atoms with Gasteiger partial charge in [0.1, 0.15) is 11.9 Å². The number of hydrazine groups is 1. The third-order valence-corrected chi connectivity index (χ3v) is 6.90. The van der Waals surface area contributed by atoms with Gasteiger partial charge in [0.05, 0.1) is 34.3 Å². The fraction of sp³-hybridized carbons (Fsp3) is 0.167. The van der Waals surface area contributed by atoms with E-state index in [1.165, 1.54) is 23.6 Å². The number of benzene rings is 3. The van der Waals surface area contributed by atoms with Crippen molar-refractivity contribution in [1.82, 2.24) is 20.2 Å². The van der Waals surface area contributed by atoms with Crippen molar-refractivity contribution in [3.05, 3.63) is 66.0 Å². The molecule has 0 bridgehead atoms. The van der Waals surface area contributed by atoms with Gasteiger partial charge in [-0.2, -0.15) is 0 Å². The molecule has 3 aromatic carbocycles. The Kier molecular flexibility index (Phi) is 7.35. The number of nitrogens with two attached hydrogens (primary N) is 1. The number of imidazole rings is 1. The van der Waals surface area contributed by atoms with Crippen LogP contribution in [0.3, 0.4) is 0 Å². The van der Waals surface area contributed by atoms with Gasteiger partial charge in [-0.25, -0.2) is 18.2 Å². The lowest BCUT2D eigenvalue weighted by molar-refractivity contribution is -0.122. The fourth-order valence-electron chi connectivity index (χ4n) is 4.12. The van der Waals surface area contributed by atoms with Crippen LogP contribution in [0.25, 0.3) is 22.2 Å². The summed E-state index contributed by atoms with van der Waals surface area (Å²) in [5, 5.41) is 5.84. The van der Waals surface area contributed by atoms with Crippen molar-refractivity contribution < 1.29 is 13.6 Å². The van der Waals surface area contributed by atoms with Gasteiger partial charge >= 0.3 is 0 Å². The highest BCUT2D eigenvalue weighted by atomic mass is 32.1. The number of carbonyl (C=O) groups excluding carboxylic acids is 1. The number of hydrogen-bond acceptors (Lipinski definition) is 7. The number of nitrogen functional groups attached to an aromatic ring is 1. The summed E-state index contributed by atoms with van der Waals surface area (Å²) in [6.07, 6.45) is 1.67. The van der Waals surface area contributed by atoms with Gasteiger partial charge in [0.15, 0.2) is 5.82 Å². The number of thiol groups is 1. The summed E-state index contributed by atoms with van der Waals surface area (Å²) in [5.74, 6) is -1.87. The molecule has 1 amide bonds. The van der Waals surface area contributed by atoms with E-state index < -0.39 is 17.7 Å².